The van der Waals surface area contributed by atoms with Crippen LogP contribution >= 0.6 is 34.4 Å². The van der Waals surface area contributed by atoms with Crippen molar-refractivity contribution in [2.75, 3.05) is 6.26 Å². The first-order valence-electron chi connectivity index (χ1n) is 9.09. The van der Waals surface area contributed by atoms with Gasteiger partial charge in [0.1, 0.15) is 0 Å². The van der Waals surface area contributed by atoms with Crippen LogP contribution < -0.4 is 0 Å². The molecule has 0 saturated heterocycles. The quantitative estimate of drug-likeness (QED) is 0.481. The summed E-state index contributed by atoms with van der Waals surface area (Å²) in [5, 5.41) is 20.2. The minimum absolute atomic E-state index is 0.440. The first-order valence-corrected chi connectivity index (χ1v) is 12.0. The van der Waals surface area contributed by atoms with E-state index < -0.39 is 6.23 Å². The molecule has 0 bridgehead atoms. The fraction of sp³-hybridized carbons (Fsp3) is 0.316. The molecule has 0 fully saturated rings. The largest absolute Gasteiger partial charge is 0.367 e. The van der Waals surface area contributed by atoms with Gasteiger partial charge in [-0.3, -0.25) is 9.58 Å². The van der Waals surface area contributed by atoms with Crippen molar-refractivity contribution in [2.24, 2.45) is 12.1 Å². The Kier molecular flexibility index (Phi) is 4.54. The highest BCUT2D eigenvalue weighted by atomic mass is 32.2. The highest BCUT2D eigenvalue weighted by Gasteiger charge is 2.30. The zero-order valence-corrected chi connectivity index (χ0v) is 18.9. The second kappa shape index (κ2) is 6.98. The number of fused-ring (bicyclic) bond motifs is 3. The zero-order chi connectivity index (χ0) is 20.3. The van der Waals surface area contributed by atoms with Crippen molar-refractivity contribution >= 4 is 51.0 Å². The first kappa shape index (κ1) is 18.9. The van der Waals surface area contributed by atoms with Crippen LogP contribution in [0, 0.1) is 13.8 Å². The molecule has 0 aliphatic carbocycles. The molecule has 1 aliphatic rings. The van der Waals surface area contributed by atoms with E-state index in [1.165, 1.54) is 0 Å². The number of hydrazone groups is 1. The van der Waals surface area contributed by atoms with Crippen LogP contribution in [0.4, 0.5) is 0 Å². The summed E-state index contributed by atoms with van der Waals surface area (Å²) >= 11 is 4.87. The zero-order valence-electron chi connectivity index (χ0n) is 16.4. The third-order valence-corrected chi connectivity index (χ3v) is 8.09. The smallest absolute Gasteiger partial charge is 0.194 e. The third kappa shape index (κ3) is 2.93. The molecule has 7 nitrogen and oxygen atoms in total. The second-order valence-corrected chi connectivity index (χ2v) is 9.87. The van der Waals surface area contributed by atoms with Crippen molar-refractivity contribution in [3.63, 3.8) is 0 Å². The van der Waals surface area contributed by atoms with Gasteiger partial charge in [-0.1, -0.05) is 11.8 Å². The van der Waals surface area contributed by atoms with E-state index in [0.29, 0.717) is 6.54 Å². The molecular formula is C19H20N6OS3. The number of aliphatic hydroxyl groups is 1. The van der Waals surface area contributed by atoms with Gasteiger partial charge in [0.15, 0.2) is 21.3 Å². The molecule has 1 atom stereocenters. The number of rotatable bonds is 4. The standard InChI is InChI=1S/C19H20N6OS3/c1-10-5-6-11(2)25(10)18-21-12(9-28-18)8-24-17(26)14-13(7-20-24)15-16(23(14)3)22-19(27-4)29-15/h5-7,9,17,26H,8H2,1-4H3. The molecule has 4 aromatic heterocycles. The molecule has 0 aromatic carbocycles. The van der Waals surface area contributed by atoms with Crippen LogP contribution in [0.2, 0.25) is 0 Å². The summed E-state index contributed by atoms with van der Waals surface area (Å²) in [7, 11) is 1.95. The predicted molar refractivity (Wildman–Crippen MR) is 119 cm³/mol. The highest BCUT2D eigenvalue weighted by Crippen LogP contribution is 2.38. The SMILES string of the molecule is CSc1nc2c(s1)c1c(n2C)C(O)N(Cc2csc(-n3c(C)ccc3C)n2)N=C1. The minimum Gasteiger partial charge on any atom is -0.367 e. The molecule has 0 amide bonds. The van der Waals surface area contributed by atoms with Crippen molar-refractivity contribution in [1.82, 2.24) is 24.1 Å². The summed E-state index contributed by atoms with van der Waals surface area (Å²) in [4.78, 5) is 9.44. The van der Waals surface area contributed by atoms with Crippen molar-refractivity contribution in [1.29, 1.82) is 0 Å². The lowest BCUT2D eigenvalue weighted by Gasteiger charge is -2.28. The number of hydrogen-bond donors (Lipinski definition) is 1. The normalized spacial score (nSPS) is 16.2. The van der Waals surface area contributed by atoms with Gasteiger partial charge >= 0.3 is 0 Å². The molecular weight excluding hydrogens is 424 g/mol. The Hall–Kier alpha value is -2.14. The van der Waals surface area contributed by atoms with Gasteiger partial charge in [0.25, 0.3) is 0 Å². The summed E-state index contributed by atoms with van der Waals surface area (Å²) in [6.07, 6.45) is 3.02. The van der Waals surface area contributed by atoms with E-state index in [9.17, 15) is 5.11 Å². The fourth-order valence-corrected chi connectivity index (χ4v) is 6.24. The van der Waals surface area contributed by atoms with Crippen LogP contribution in [-0.4, -0.2) is 41.7 Å². The first-order chi connectivity index (χ1) is 14.0. The summed E-state index contributed by atoms with van der Waals surface area (Å²) in [5.74, 6) is 0. The summed E-state index contributed by atoms with van der Waals surface area (Å²) in [6, 6.07) is 4.18. The molecule has 5 rings (SSSR count). The van der Waals surface area contributed by atoms with Gasteiger partial charge in [-0.05, 0) is 32.2 Å². The lowest BCUT2D eigenvalue weighted by molar-refractivity contribution is -0.0106. The van der Waals surface area contributed by atoms with Gasteiger partial charge in [-0.2, -0.15) is 5.10 Å². The van der Waals surface area contributed by atoms with Crippen LogP contribution in [0.3, 0.4) is 0 Å². The van der Waals surface area contributed by atoms with E-state index in [2.05, 4.69) is 40.6 Å². The van der Waals surface area contributed by atoms with Gasteiger partial charge in [-0.15, -0.1) is 22.7 Å². The number of thiazole rings is 2. The topological polar surface area (TPSA) is 71.5 Å². The van der Waals surface area contributed by atoms with E-state index in [1.54, 1.807) is 39.4 Å². The van der Waals surface area contributed by atoms with E-state index in [-0.39, 0.29) is 0 Å². The maximum Gasteiger partial charge on any atom is 0.194 e. The van der Waals surface area contributed by atoms with Crippen LogP contribution in [0.15, 0.2) is 27.0 Å². The molecule has 1 unspecified atom stereocenters. The molecule has 0 saturated carbocycles. The Balaban J connectivity index is 1.44. The molecule has 150 valence electrons. The van der Waals surface area contributed by atoms with E-state index in [4.69, 9.17) is 4.98 Å². The Labute approximate surface area is 180 Å². The number of thioether (sulfide) groups is 1. The van der Waals surface area contributed by atoms with Crippen LogP contribution in [0.1, 0.15) is 34.6 Å². The Morgan fingerprint density at radius 3 is 2.69 bits per heavy atom. The molecule has 0 spiro atoms. The lowest BCUT2D eigenvalue weighted by Crippen LogP contribution is -2.29. The maximum absolute atomic E-state index is 11.0. The molecule has 10 heteroatoms. The monoisotopic (exact) mass is 444 g/mol. The van der Waals surface area contributed by atoms with Crippen LogP contribution in [0.5, 0.6) is 0 Å². The summed E-state index contributed by atoms with van der Waals surface area (Å²) in [6.45, 7) is 4.59. The van der Waals surface area contributed by atoms with E-state index in [1.807, 2.05) is 29.5 Å². The molecule has 1 aliphatic heterocycles. The minimum atomic E-state index is -0.834. The van der Waals surface area contributed by atoms with Crippen LogP contribution in [-0.2, 0) is 13.6 Å². The van der Waals surface area contributed by atoms with Crippen molar-refractivity contribution in [3.05, 3.63) is 45.9 Å². The number of nitrogens with zero attached hydrogens (tertiary/aromatic N) is 6. The van der Waals surface area contributed by atoms with E-state index >= 15 is 0 Å². The number of aryl methyl sites for hydroxylation is 3. The average molecular weight is 445 g/mol. The van der Waals surface area contributed by atoms with Crippen LogP contribution in [0.25, 0.3) is 15.5 Å². The fourth-order valence-electron chi connectivity index (χ4n) is 3.70. The number of aliphatic hydroxyl groups excluding tert-OH is 1. The van der Waals surface area contributed by atoms with Crippen molar-refractivity contribution in [2.45, 2.75) is 31.0 Å². The van der Waals surface area contributed by atoms with Gasteiger partial charge in [-0.25, -0.2) is 9.97 Å². The highest BCUT2D eigenvalue weighted by molar-refractivity contribution is 8.00. The second-order valence-electron chi connectivity index (χ2n) is 6.98. The molecule has 5 heterocycles. The van der Waals surface area contributed by atoms with Gasteiger partial charge in [0.05, 0.1) is 28.8 Å². The van der Waals surface area contributed by atoms with Gasteiger partial charge in [0.2, 0.25) is 0 Å². The van der Waals surface area contributed by atoms with Gasteiger partial charge < -0.3 is 9.67 Å². The van der Waals surface area contributed by atoms with E-state index in [0.717, 1.165) is 48.2 Å². The number of aromatic nitrogens is 4. The predicted octanol–water partition coefficient (Wildman–Crippen LogP) is 4.06. The maximum atomic E-state index is 11.0. The van der Waals surface area contributed by atoms with Crippen molar-refractivity contribution in [3.8, 4) is 5.13 Å². The van der Waals surface area contributed by atoms with Gasteiger partial charge in [0, 0.05) is 29.4 Å². The Morgan fingerprint density at radius 1 is 1.21 bits per heavy atom. The Morgan fingerprint density at radius 2 is 1.97 bits per heavy atom. The Bertz CT molecular complexity index is 1230. The molecule has 29 heavy (non-hydrogen) atoms. The lowest BCUT2D eigenvalue weighted by atomic mass is 10.2. The molecule has 1 N–H and O–H groups in total. The summed E-state index contributed by atoms with van der Waals surface area (Å²) in [5.41, 5.74) is 5.88. The number of hydrogen-bond acceptors (Lipinski definition) is 8. The van der Waals surface area contributed by atoms with Crippen molar-refractivity contribution < 1.29 is 5.11 Å². The molecule has 4 aromatic rings. The summed E-state index contributed by atoms with van der Waals surface area (Å²) < 4.78 is 6.21. The third-order valence-electron chi connectivity index (χ3n) is 5.15. The average Bonchev–Trinajstić information content (AvgIpc) is 3.44. The molecule has 0 radical (unpaired) electrons.